The number of morpholine rings is 1. The number of aliphatic imine (C=N–C) groups is 1. The van der Waals surface area contributed by atoms with E-state index in [1.165, 1.54) is 17.0 Å². The molecule has 0 bridgehead atoms. The van der Waals surface area contributed by atoms with Crippen molar-refractivity contribution in [2.24, 2.45) is 12.0 Å². The number of rotatable bonds is 10. The molecule has 0 unspecified atom stereocenters. The number of aromatic nitrogens is 4. The Hall–Kier alpha value is -4.41. The number of hydrogen-bond donors (Lipinski definition) is 3. The topological polar surface area (TPSA) is 144 Å². The molecule has 0 aliphatic carbocycles. The Morgan fingerprint density at radius 2 is 2.09 bits per heavy atom. The average Bonchev–Trinajstić information content (AvgIpc) is 3.33. The van der Waals surface area contributed by atoms with E-state index in [2.05, 4.69) is 30.5 Å². The number of nitrogens with one attached hydrogen (secondary N) is 3. The van der Waals surface area contributed by atoms with Crippen molar-refractivity contribution in [2.75, 3.05) is 44.8 Å². The van der Waals surface area contributed by atoms with E-state index >= 15 is 0 Å². The van der Waals surface area contributed by atoms with Crippen LogP contribution in [-0.2, 0) is 29.2 Å². The van der Waals surface area contributed by atoms with E-state index in [4.69, 9.17) is 31.2 Å². The summed E-state index contributed by atoms with van der Waals surface area (Å²) in [4.78, 5) is 27.8. The lowest BCUT2D eigenvalue weighted by Gasteiger charge is -2.26. The summed E-state index contributed by atoms with van der Waals surface area (Å²) in [5.41, 5.74) is -1.16. The summed E-state index contributed by atoms with van der Waals surface area (Å²) in [6.07, 6.45) is 1.38. The van der Waals surface area contributed by atoms with Crippen LogP contribution in [0, 0.1) is 5.41 Å². The second kappa shape index (κ2) is 13.1. The summed E-state index contributed by atoms with van der Waals surface area (Å²) in [7, 11) is 1.55. The van der Waals surface area contributed by atoms with E-state index < -0.39 is 17.3 Å². The van der Waals surface area contributed by atoms with Gasteiger partial charge < -0.3 is 39.4 Å². The third-order valence-electron chi connectivity index (χ3n) is 6.86. The standard InChI is InChI=1S/C27H29ClF3N9O4/c1-3-40-15-16(27(29,30)31)10-17(25(40)41)36-26-37-24-23(38(26)2)22(28)20(13-35-24)44-19(11-32)18-12-34-21(14-33-18)43-9-6-39-4-7-42-8-5-39/h10-15,32-33H,3-9H2,1-2H3,(H,35,36,37)/b19-18+,32-11?. The van der Waals surface area contributed by atoms with Gasteiger partial charge >= 0.3 is 6.18 Å². The lowest BCUT2D eigenvalue weighted by atomic mass is 10.2. The summed E-state index contributed by atoms with van der Waals surface area (Å²) in [6.45, 7) is 5.91. The smallest absolute Gasteiger partial charge is 0.417 e. The molecule has 234 valence electrons. The predicted octanol–water partition coefficient (Wildman–Crippen LogP) is 3.63. The number of hydrogen-bond acceptors (Lipinski definition) is 11. The van der Waals surface area contributed by atoms with Gasteiger partial charge in [-0.1, -0.05) is 11.6 Å². The monoisotopic (exact) mass is 635 g/mol. The molecule has 44 heavy (non-hydrogen) atoms. The molecule has 2 aliphatic heterocycles. The molecular weight excluding hydrogens is 607 g/mol. The lowest BCUT2D eigenvalue weighted by Crippen LogP contribution is -2.38. The molecule has 5 rings (SSSR count). The van der Waals surface area contributed by atoms with Crippen LogP contribution in [0.25, 0.3) is 11.2 Å². The fourth-order valence-electron chi connectivity index (χ4n) is 4.47. The lowest BCUT2D eigenvalue weighted by molar-refractivity contribution is -0.138. The number of pyridine rings is 2. The zero-order valence-corrected chi connectivity index (χ0v) is 24.5. The Kier molecular flexibility index (Phi) is 9.22. The highest BCUT2D eigenvalue weighted by Crippen LogP contribution is 2.35. The van der Waals surface area contributed by atoms with Crippen LogP contribution in [0.2, 0.25) is 5.02 Å². The Morgan fingerprint density at radius 1 is 1.32 bits per heavy atom. The van der Waals surface area contributed by atoms with Crippen LogP contribution >= 0.6 is 11.6 Å². The molecule has 0 atom stereocenters. The molecular formula is C27H29ClF3N9O4. The van der Waals surface area contributed by atoms with E-state index in [1.807, 2.05) is 0 Å². The number of anilines is 2. The number of aryl methyl sites for hydroxylation is 2. The maximum absolute atomic E-state index is 13.4. The Bertz CT molecular complexity index is 1710. The molecule has 13 nitrogen and oxygen atoms in total. The van der Waals surface area contributed by atoms with Crippen molar-refractivity contribution in [1.82, 2.24) is 29.3 Å². The highest BCUT2D eigenvalue weighted by atomic mass is 35.5. The van der Waals surface area contributed by atoms with Crippen molar-refractivity contribution in [3.05, 3.63) is 62.9 Å². The highest BCUT2D eigenvalue weighted by molar-refractivity contribution is 6.36. The molecule has 1 fully saturated rings. The quantitative estimate of drug-likeness (QED) is 0.225. The van der Waals surface area contributed by atoms with Gasteiger partial charge in [-0.15, -0.1) is 0 Å². The van der Waals surface area contributed by atoms with Gasteiger partial charge in [-0.2, -0.15) is 18.2 Å². The summed E-state index contributed by atoms with van der Waals surface area (Å²) in [5.74, 6) is 0.557. The van der Waals surface area contributed by atoms with Gasteiger partial charge in [-0.05, 0) is 13.0 Å². The van der Waals surface area contributed by atoms with Gasteiger partial charge in [0.2, 0.25) is 11.8 Å². The van der Waals surface area contributed by atoms with Crippen LogP contribution < -0.4 is 20.9 Å². The molecule has 0 radical (unpaired) electrons. The van der Waals surface area contributed by atoms with Crippen molar-refractivity contribution in [3.8, 4) is 5.75 Å². The maximum Gasteiger partial charge on any atom is 0.417 e. The van der Waals surface area contributed by atoms with E-state index in [0.717, 1.165) is 42.7 Å². The molecule has 0 saturated carbocycles. The highest BCUT2D eigenvalue weighted by Gasteiger charge is 2.32. The molecule has 0 spiro atoms. The fraction of sp³-hybridized carbons (Fsp3) is 0.370. The maximum atomic E-state index is 13.4. The molecule has 3 N–H and O–H groups in total. The first-order valence-electron chi connectivity index (χ1n) is 13.5. The predicted molar refractivity (Wildman–Crippen MR) is 158 cm³/mol. The number of imidazole rings is 1. The third-order valence-corrected chi connectivity index (χ3v) is 7.22. The molecule has 1 saturated heterocycles. The largest absolute Gasteiger partial charge is 0.475 e. The molecule has 0 aromatic carbocycles. The molecule has 5 heterocycles. The fourth-order valence-corrected chi connectivity index (χ4v) is 4.77. The number of halogens is 4. The second-order valence-corrected chi connectivity index (χ2v) is 10.0. The first-order valence-corrected chi connectivity index (χ1v) is 13.9. The van der Waals surface area contributed by atoms with Crippen LogP contribution in [0.1, 0.15) is 12.5 Å². The first kappa shape index (κ1) is 31.0. The zero-order valence-electron chi connectivity index (χ0n) is 23.7. The minimum absolute atomic E-state index is 0.0311. The van der Waals surface area contributed by atoms with E-state index in [1.54, 1.807) is 20.2 Å². The zero-order chi connectivity index (χ0) is 31.4. The molecule has 0 amide bonds. The first-order chi connectivity index (χ1) is 21.1. The van der Waals surface area contributed by atoms with Crippen LogP contribution in [-0.4, -0.2) is 75.9 Å². The van der Waals surface area contributed by atoms with Gasteiger partial charge in [0.25, 0.3) is 5.56 Å². The number of allylic oxidation sites excluding steroid dienone is 2. The number of alkyl halides is 3. The van der Waals surface area contributed by atoms with Gasteiger partial charge in [-0.25, -0.2) is 9.98 Å². The summed E-state index contributed by atoms with van der Waals surface area (Å²) in [6, 6.07) is 0.730. The van der Waals surface area contributed by atoms with Gasteiger partial charge in [0.1, 0.15) is 28.5 Å². The van der Waals surface area contributed by atoms with Crippen molar-refractivity contribution in [3.63, 3.8) is 0 Å². The molecule has 3 aromatic heterocycles. The number of nitrogens with zero attached hydrogens (tertiary/aromatic N) is 6. The normalized spacial score (nSPS) is 16.8. The summed E-state index contributed by atoms with van der Waals surface area (Å²) >= 11 is 6.65. The Labute approximate surface area is 254 Å². The third kappa shape index (κ3) is 6.71. The van der Waals surface area contributed by atoms with Crippen molar-refractivity contribution >= 4 is 46.8 Å². The Balaban J connectivity index is 1.33. The van der Waals surface area contributed by atoms with E-state index in [9.17, 15) is 18.0 Å². The van der Waals surface area contributed by atoms with Gasteiger partial charge in [0, 0.05) is 39.4 Å². The van der Waals surface area contributed by atoms with Crippen LogP contribution in [0.15, 0.2) is 51.8 Å². The number of ether oxygens (including phenoxy) is 3. The van der Waals surface area contributed by atoms with Crippen LogP contribution in [0.4, 0.5) is 24.8 Å². The average molecular weight is 636 g/mol. The number of fused-ring (bicyclic) bond motifs is 1. The summed E-state index contributed by atoms with van der Waals surface area (Å²) < 4.78 is 59.7. The Morgan fingerprint density at radius 3 is 2.75 bits per heavy atom. The van der Waals surface area contributed by atoms with Gasteiger partial charge in [-0.3, -0.25) is 9.69 Å². The van der Waals surface area contributed by atoms with E-state index in [0.29, 0.717) is 31.4 Å². The van der Waals surface area contributed by atoms with Crippen LogP contribution in [0.3, 0.4) is 0 Å². The minimum atomic E-state index is -4.66. The molecule has 2 aliphatic rings. The van der Waals surface area contributed by atoms with E-state index in [-0.39, 0.29) is 45.9 Å². The summed E-state index contributed by atoms with van der Waals surface area (Å²) in [5, 5.41) is 13.6. The molecule has 17 heteroatoms. The van der Waals surface area contributed by atoms with Crippen LogP contribution in [0.5, 0.6) is 5.75 Å². The molecule has 3 aromatic rings. The SMILES string of the molecule is CCn1cc(C(F)(F)F)cc(Nc2nc3ncc(O/C(C=N)=C4\C=NC(OCCN5CCOCC5)=CN4)c(Cl)c3n2C)c1=O. The van der Waals surface area contributed by atoms with Gasteiger partial charge in [0.15, 0.2) is 17.2 Å². The van der Waals surface area contributed by atoms with Gasteiger partial charge in [0.05, 0.1) is 43.6 Å². The van der Waals surface area contributed by atoms with Crippen molar-refractivity contribution in [2.45, 2.75) is 19.6 Å². The minimum Gasteiger partial charge on any atom is -0.475 e. The second-order valence-electron chi connectivity index (χ2n) is 9.67. The van der Waals surface area contributed by atoms with Crippen molar-refractivity contribution < 1.29 is 27.4 Å². The van der Waals surface area contributed by atoms with Crippen molar-refractivity contribution in [1.29, 1.82) is 5.41 Å².